The van der Waals surface area contributed by atoms with Crippen LogP contribution in [-0.2, 0) is 5.41 Å². The number of hydrogen-bond donors (Lipinski definition) is 2. The van der Waals surface area contributed by atoms with Crippen molar-refractivity contribution in [2.24, 2.45) is 17.8 Å². The molecule has 0 aliphatic heterocycles. The molecule has 52 heavy (non-hydrogen) atoms. The van der Waals surface area contributed by atoms with Crippen molar-refractivity contribution in [3.63, 3.8) is 0 Å². The summed E-state index contributed by atoms with van der Waals surface area (Å²) in [5.41, 5.74) is 16.0. The summed E-state index contributed by atoms with van der Waals surface area (Å²) in [7, 11) is 0. The van der Waals surface area contributed by atoms with E-state index >= 15 is 0 Å². The van der Waals surface area contributed by atoms with Gasteiger partial charge in [0.2, 0.25) is 0 Å². The summed E-state index contributed by atoms with van der Waals surface area (Å²) in [6.45, 7) is 2.30. The standard InChI is InChI=1S/C48H64N2O2/c1-2-3-4-5-6-7-8-9-10-11-12-37-13-15-38(16-14-37)39-33-35-48(36-34-39,40-17-25-44(26-18-40)51-46-29-21-42(49)22-30-46)41-19-27-45(28-20-41)52-47-31-23-43(50)24-32-47/h17-32,37-39H,2-16,33-36,49-50H2,1H3/t37-,38-. The second-order valence-corrected chi connectivity index (χ2v) is 16.1. The predicted octanol–water partition coefficient (Wildman–Crippen LogP) is 14.0. The van der Waals surface area contributed by atoms with E-state index in [0.29, 0.717) is 0 Å². The van der Waals surface area contributed by atoms with E-state index < -0.39 is 0 Å². The van der Waals surface area contributed by atoms with Crippen molar-refractivity contribution >= 4 is 11.4 Å². The first kappa shape index (κ1) is 37.8. The molecule has 4 aromatic carbocycles. The summed E-state index contributed by atoms with van der Waals surface area (Å²) < 4.78 is 12.4. The molecule has 0 aromatic heterocycles. The number of ether oxygens (including phenoxy) is 2. The summed E-state index contributed by atoms with van der Waals surface area (Å²) in [5.74, 6) is 5.99. The fraction of sp³-hybridized carbons (Fsp3) is 0.500. The Morgan fingerprint density at radius 1 is 0.462 bits per heavy atom. The van der Waals surface area contributed by atoms with Crippen molar-refractivity contribution in [3.8, 4) is 23.0 Å². The van der Waals surface area contributed by atoms with Crippen molar-refractivity contribution in [1.29, 1.82) is 0 Å². The highest BCUT2D eigenvalue weighted by molar-refractivity contribution is 5.47. The van der Waals surface area contributed by atoms with Gasteiger partial charge >= 0.3 is 0 Å². The van der Waals surface area contributed by atoms with Crippen molar-refractivity contribution in [2.45, 2.75) is 134 Å². The Kier molecular flexibility index (Phi) is 14.0. The van der Waals surface area contributed by atoms with Gasteiger partial charge in [0.05, 0.1) is 0 Å². The van der Waals surface area contributed by atoms with Crippen LogP contribution in [0.4, 0.5) is 11.4 Å². The summed E-state index contributed by atoms with van der Waals surface area (Å²) in [5, 5.41) is 0. The van der Waals surface area contributed by atoms with Gasteiger partial charge in [0.15, 0.2) is 0 Å². The van der Waals surface area contributed by atoms with Gasteiger partial charge in [-0.15, -0.1) is 0 Å². The SMILES string of the molecule is CCCCCCCCCCCC[C@H]1CC[C@H](C2CCC(c3ccc(Oc4ccc(N)cc4)cc3)(c3ccc(Oc4ccc(N)cc4)cc3)CC2)CC1. The van der Waals surface area contributed by atoms with E-state index in [2.05, 4.69) is 55.5 Å². The molecule has 4 aromatic rings. The van der Waals surface area contributed by atoms with Crippen molar-refractivity contribution in [1.82, 2.24) is 0 Å². The fourth-order valence-corrected chi connectivity index (χ4v) is 9.25. The van der Waals surface area contributed by atoms with E-state index in [1.807, 2.05) is 48.5 Å². The molecule has 4 N–H and O–H groups in total. The lowest BCUT2D eigenvalue weighted by atomic mass is 9.60. The fourth-order valence-electron chi connectivity index (χ4n) is 9.25. The van der Waals surface area contributed by atoms with E-state index in [1.54, 1.807) is 0 Å². The molecule has 2 aliphatic rings. The van der Waals surface area contributed by atoms with Gasteiger partial charge in [0, 0.05) is 16.8 Å². The zero-order valence-electron chi connectivity index (χ0n) is 31.9. The van der Waals surface area contributed by atoms with Crippen LogP contribution in [-0.4, -0.2) is 0 Å². The van der Waals surface area contributed by atoms with Gasteiger partial charge < -0.3 is 20.9 Å². The molecule has 2 fully saturated rings. The van der Waals surface area contributed by atoms with E-state index in [9.17, 15) is 0 Å². The Labute approximate surface area is 314 Å². The lowest BCUT2D eigenvalue weighted by molar-refractivity contribution is 0.140. The van der Waals surface area contributed by atoms with E-state index in [1.165, 1.54) is 133 Å². The molecule has 2 saturated carbocycles. The molecule has 0 unspecified atom stereocenters. The molecule has 4 heteroatoms. The highest BCUT2D eigenvalue weighted by Gasteiger charge is 2.41. The largest absolute Gasteiger partial charge is 0.457 e. The van der Waals surface area contributed by atoms with Crippen molar-refractivity contribution < 1.29 is 9.47 Å². The van der Waals surface area contributed by atoms with Gasteiger partial charge in [-0.25, -0.2) is 0 Å². The lowest BCUT2D eigenvalue weighted by Crippen LogP contribution is -2.35. The van der Waals surface area contributed by atoms with E-state index in [0.717, 1.165) is 52.1 Å². The van der Waals surface area contributed by atoms with Crippen molar-refractivity contribution in [2.75, 3.05) is 11.5 Å². The maximum absolute atomic E-state index is 6.18. The van der Waals surface area contributed by atoms with Crippen LogP contribution in [0.25, 0.3) is 0 Å². The maximum atomic E-state index is 6.18. The zero-order chi connectivity index (χ0) is 36.0. The van der Waals surface area contributed by atoms with Gasteiger partial charge in [0.25, 0.3) is 0 Å². The molecule has 0 radical (unpaired) electrons. The summed E-state index contributed by atoms with van der Waals surface area (Å²) in [4.78, 5) is 0. The molecule has 0 atom stereocenters. The summed E-state index contributed by atoms with van der Waals surface area (Å²) in [6, 6.07) is 32.9. The lowest BCUT2D eigenvalue weighted by Gasteiger charge is -2.44. The Morgan fingerprint density at radius 3 is 1.25 bits per heavy atom. The third kappa shape index (κ3) is 10.6. The number of benzene rings is 4. The third-order valence-corrected chi connectivity index (χ3v) is 12.5. The first-order chi connectivity index (χ1) is 25.5. The molecule has 0 heterocycles. The first-order valence-electron chi connectivity index (χ1n) is 20.8. The topological polar surface area (TPSA) is 70.5 Å². The monoisotopic (exact) mass is 700 g/mol. The van der Waals surface area contributed by atoms with Crippen LogP contribution in [0.3, 0.4) is 0 Å². The van der Waals surface area contributed by atoms with Gasteiger partial charge in [-0.05, 0) is 140 Å². The first-order valence-corrected chi connectivity index (χ1v) is 20.8. The van der Waals surface area contributed by atoms with Crippen LogP contribution >= 0.6 is 0 Å². The summed E-state index contributed by atoms with van der Waals surface area (Å²) >= 11 is 0. The molecular weight excluding hydrogens is 637 g/mol. The second-order valence-electron chi connectivity index (χ2n) is 16.1. The number of unbranched alkanes of at least 4 members (excludes halogenated alkanes) is 9. The highest BCUT2D eigenvalue weighted by atomic mass is 16.5. The maximum Gasteiger partial charge on any atom is 0.127 e. The van der Waals surface area contributed by atoms with Crippen LogP contribution in [0.15, 0.2) is 97.1 Å². The molecule has 2 aliphatic carbocycles. The molecule has 6 rings (SSSR count). The van der Waals surface area contributed by atoms with Crippen LogP contribution in [0, 0.1) is 17.8 Å². The molecule has 4 nitrogen and oxygen atoms in total. The normalized spacial score (nSPS) is 18.9. The molecule has 0 amide bonds. The van der Waals surface area contributed by atoms with Crippen molar-refractivity contribution in [3.05, 3.63) is 108 Å². The minimum atomic E-state index is -0.0251. The number of nitrogen functional groups attached to an aromatic ring is 2. The number of anilines is 2. The number of rotatable bonds is 18. The minimum absolute atomic E-state index is 0.0251. The number of hydrogen-bond acceptors (Lipinski definition) is 4. The smallest absolute Gasteiger partial charge is 0.127 e. The zero-order valence-corrected chi connectivity index (χ0v) is 31.9. The Morgan fingerprint density at radius 2 is 0.827 bits per heavy atom. The average molecular weight is 701 g/mol. The van der Waals surface area contributed by atoms with E-state index in [4.69, 9.17) is 20.9 Å². The third-order valence-electron chi connectivity index (χ3n) is 12.5. The molecule has 0 spiro atoms. The minimum Gasteiger partial charge on any atom is -0.457 e. The molecule has 0 bridgehead atoms. The van der Waals surface area contributed by atoms with Crippen LogP contribution in [0.1, 0.15) is 140 Å². The Hall–Kier alpha value is -3.92. The summed E-state index contributed by atoms with van der Waals surface area (Å²) in [6.07, 6.45) is 26.5. The van der Waals surface area contributed by atoms with Gasteiger partial charge in [0.1, 0.15) is 23.0 Å². The van der Waals surface area contributed by atoms with Crippen LogP contribution in [0.2, 0.25) is 0 Å². The Balaban J connectivity index is 1.04. The number of nitrogens with two attached hydrogens (primary N) is 2. The molecule has 0 saturated heterocycles. The van der Waals surface area contributed by atoms with Crippen LogP contribution in [0.5, 0.6) is 23.0 Å². The predicted molar refractivity (Wildman–Crippen MR) is 219 cm³/mol. The van der Waals surface area contributed by atoms with E-state index in [-0.39, 0.29) is 5.41 Å². The van der Waals surface area contributed by atoms with Gasteiger partial charge in [-0.1, -0.05) is 115 Å². The van der Waals surface area contributed by atoms with Crippen LogP contribution < -0.4 is 20.9 Å². The second kappa shape index (κ2) is 19.2. The Bertz CT molecular complexity index is 1490. The van der Waals surface area contributed by atoms with Gasteiger partial charge in [-0.2, -0.15) is 0 Å². The van der Waals surface area contributed by atoms with Gasteiger partial charge in [-0.3, -0.25) is 0 Å². The average Bonchev–Trinajstić information content (AvgIpc) is 3.18. The quantitative estimate of drug-likeness (QED) is 0.0800. The molecular formula is C48H64N2O2. The molecule has 278 valence electrons. The highest BCUT2D eigenvalue weighted by Crippen LogP contribution is 2.51.